The van der Waals surface area contributed by atoms with Gasteiger partial charge in [0.15, 0.2) is 0 Å². The second-order valence-corrected chi connectivity index (χ2v) is 5.14. The van der Waals surface area contributed by atoms with Crippen LogP contribution in [0.25, 0.3) is 0 Å². The molecule has 2 rings (SSSR count). The smallest absolute Gasteiger partial charge is 0.141 e. The fourth-order valence-electron chi connectivity index (χ4n) is 2.22. The Kier molecular flexibility index (Phi) is 5.42. The molecule has 1 heterocycles. The number of halogens is 2. The molecule has 1 aliphatic heterocycles. The topological polar surface area (TPSA) is 21.3 Å². The minimum atomic E-state index is -0.383. The van der Waals surface area contributed by atoms with E-state index in [0.29, 0.717) is 12.6 Å². The molecule has 1 aromatic rings. The third kappa shape index (κ3) is 4.23. The number of hydrogen-bond acceptors (Lipinski definition) is 2. The Hall–Kier alpha value is -0.640. The van der Waals surface area contributed by atoms with Crippen LogP contribution in [0.5, 0.6) is 0 Å². The van der Waals surface area contributed by atoms with Crippen molar-refractivity contribution in [3.63, 3.8) is 0 Å². The zero-order chi connectivity index (χ0) is 12.8. The maximum atomic E-state index is 12.9. The summed E-state index contributed by atoms with van der Waals surface area (Å²) in [6, 6.07) is 5.30. The Bertz CT molecular complexity index is 380. The van der Waals surface area contributed by atoms with Crippen LogP contribution >= 0.6 is 11.6 Å². The van der Waals surface area contributed by atoms with Crippen molar-refractivity contribution in [3.05, 3.63) is 34.6 Å². The largest absolute Gasteiger partial charge is 0.377 e. The minimum Gasteiger partial charge on any atom is -0.377 e. The molecule has 2 nitrogen and oxygen atoms in total. The maximum Gasteiger partial charge on any atom is 0.141 e. The average Bonchev–Trinajstić information content (AvgIpc) is 2.40. The van der Waals surface area contributed by atoms with Crippen LogP contribution in [0.4, 0.5) is 4.39 Å². The monoisotopic (exact) mass is 271 g/mol. The quantitative estimate of drug-likeness (QED) is 0.828. The molecule has 0 bridgehead atoms. The molecular weight excluding hydrogens is 253 g/mol. The van der Waals surface area contributed by atoms with E-state index in [4.69, 9.17) is 16.3 Å². The predicted octanol–water partition coefficient (Wildman–Crippen LogP) is 3.53. The molecule has 0 aliphatic carbocycles. The van der Waals surface area contributed by atoms with Crippen molar-refractivity contribution in [2.24, 2.45) is 0 Å². The lowest BCUT2D eigenvalue weighted by Gasteiger charge is -2.23. The predicted molar refractivity (Wildman–Crippen MR) is 71.3 cm³/mol. The number of ether oxygens (including phenoxy) is 1. The van der Waals surface area contributed by atoms with Gasteiger partial charge in [-0.25, -0.2) is 4.39 Å². The fraction of sp³-hybridized carbons (Fsp3) is 0.571. The number of benzene rings is 1. The SMILES string of the molecule is Fc1ccc(COCCC2CCCCN2)cc1Cl. The summed E-state index contributed by atoms with van der Waals surface area (Å²) in [6.07, 6.45) is 4.87. The third-order valence-corrected chi connectivity index (χ3v) is 3.57. The summed E-state index contributed by atoms with van der Waals surface area (Å²) in [4.78, 5) is 0. The first-order valence-electron chi connectivity index (χ1n) is 6.51. The molecule has 1 unspecified atom stereocenters. The fourth-order valence-corrected chi connectivity index (χ4v) is 2.42. The van der Waals surface area contributed by atoms with Gasteiger partial charge in [-0.05, 0) is 43.5 Å². The average molecular weight is 272 g/mol. The van der Waals surface area contributed by atoms with E-state index in [1.165, 1.54) is 25.3 Å². The van der Waals surface area contributed by atoms with Gasteiger partial charge in [0.2, 0.25) is 0 Å². The van der Waals surface area contributed by atoms with Crippen molar-refractivity contribution in [1.29, 1.82) is 0 Å². The highest BCUT2D eigenvalue weighted by molar-refractivity contribution is 6.30. The number of rotatable bonds is 5. The molecule has 0 aromatic heterocycles. The highest BCUT2D eigenvalue weighted by Gasteiger charge is 2.11. The van der Waals surface area contributed by atoms with Crippen molar-refractivity contribution in [1.82, 2.24) is 5.32 Å². The lowest BCUT2D eigenvalue weighted by atomic mass is 10.0. The summed E-state index contributed by atoms with van der Waals surface area (Å²) in [5.41, 5.74) is 0.915. The first kappa shape index (κ1) is 13.8. The van der Waals surface area contributed by atoms with E-state index in [-0.39, 0.29) is 10.8 Å². The van der Waals surface area contributed by atoms with Gasteiger partial charge in [0, 0.05) is 12.6 Å². The minimum absolute atomic E-state index is 0.157. The zero-order valence-corrected chi connectivity index (χ0v) is 11.2. The second-order valence-electron chi connectivity index (χ2n) is 4.74. The summed E-state index contributed by atoms with van der Waals surface area (Å²) in [5.74, 6) is -0.383. The van der Waals surface area contributed by atoms with Crippen LogP contribution < -0.4 is 5.32 Å². The van der Waals surface area contributed by atoms with Gasteiger partial charge >= 0.3 is 0 Å². The first-order valence-corrected chi connectivity index (χ1v) is 6.88. The van der Waals surface area contributed by atoms with Crippen molar-refractivity contribution >= 4 is 11.6 Å². The number of hydrogen-bond donors (Lipinski definition) is 1. The van der Waals surface area contributed by atoms with Gasteiger partial charge in [-0.3, -0.25) is 0 Å². The van der Waals surface area contributed by atoms with E-state index < -0.39 is 0 Å². The van der Waals surface area contributed by atoms with Gasteiger partial charge in [0.1, 0.15) is 5.82 Å². The van der Waals surface area contributed by atoms with Crippen LogP contribution in [0.15, 0.2) is 18.2 Å². The van der Waals surface area contributed by atoms with Crippen LogP contribution in [0.1, 0.15) is 31.2 Å². The van der Waals surface area contributed by atoms with E-state index >= 15 is 0 Å². The van der Waals surface area contributed by atoms with Crippen molar-refractivity contribution in [2.45, 2.75) is 38.3 Å². The molecule has 0 spiro atoms. The lowest BCUT2D eigenvalue weighted by Crippen LogP contribution is -2.34. The highest BCUT2D eigenvalue weighted by atomic mass is 35.5. The maximum absolute atomic E-state index is 12.9. The van der Waals surface area contributed by atoms with Crippen molar-refractivity contribution < 1.29 is 9.13 Å². The Morgan fingerprint density at radius 3 is 3.00 bits per heavy atom. The van der Waals surface area contributed by atoms with Gasteiger partial charge in [-0.1, -0.05) is 24.1 Å². The zero-order valence-electron chi connectivity index (χ0n) is 10.4. The van der Waals surface area contributed by atoms with E-state index in [1.54, 1.807) is 12.1 Å². The molecular formula is C14H19ClFNO. The molecule has 100 valence electrons. The van der Waals surface area contributed by atoms with Crippen molar-refractivity contribution in [2.75, 3.05) is 13.2 Å². The molecule has 0 radical (unpaired) electrons. The molecule has 0 saturated carbocycles. The van der Waals surface area contributed by atoms with Gasteiger partial charge in [0.05, 0.1) is 11.6 Å². The van der Waals surface area contributed by atoms with Crippen LogP contribution in [0.2, 0.25) is 5.02 Å². The van der Waals surface area contributed by atoms with Gasteiger partial charge in [-0.15, -0.1) is 0 Å². The molecule has 4 heteroatoms. The molecule has 0 amide bonds. The standard InChI is InChI=1S/C14H19ClFNO/c15-13-9-11(4-5-14(13)16)10-18-8-6-12-3-1-2-7-17-12/h4-5,9,12,17H,1-3,6-8,10H2. The van der Waals surface area contributed by atoms with E-state index in [0.717, 1.165) is 25.1 Å². The summed E-state index contributed by atoms with van der Waals surface area (Å²) in [5, 5.41) is 3.64. The lowest BCUT2D eigenvalue weighted by molar-refractivity contribution is 0.108. The summed E-state index contributed by atoms with van der Waals surface area (Å²) in [6.45, 7) is 2.34. The van der Waals surface area contributed by atoms with Gasteiger partial charge in [0.25, 0.3) is 0 Å². The molecule has 1 aromatic carbocycles. The summed E-state index contributed by atoms with van der Waals surface area (Å²) < 4.78 is 18.5. The Morgan fingerprint density at radius 1 is 1.39 bits per heavy atom. The molecule has 1 atom stereocenters. The van der Waals surface area contributed by atoms with Crippen LogP contribution in [0.3, 0.4) is 0 Å². The van der Waals surface area contributed by atoms with Gasteiger partial charge < -0.3 is 10.1 Å². The molecule has 18 heavy (non-hydrogen) atoms. The normalized spacial score (nSPS) is 20.0. The van der Waals surface area contributed by atoms with E-state index in [1.807, 2.05) is 0 Å². The molecule has 1 saturated heterocycles. The Labute approximate surface area is 112 Å². The second kappa shape index (κ2) is 7.07. The van der Waals surface area contributed by atoms with Gasteiger partial charge in [-0.2, -0.15) is 0 Å². The molecule has 1 N–H and O–H groups in total. The summed E-state index contributed by atoms with van der Waals surface area (Å²) >= 11 is 5.71. The summed E-state index contributed by atoms with van der Waals surface area (Å²) in [7, 11) is 0. The molecule has 1 aliphatic rings. The first-order chi connectivity index (χ1) is 8.75. The third-order valence-electron chi connectivity index (χ3n) is 3.28. The Morgan fingerprint density at radius 2 is 2.28 bits per heavy atom. The molecule has 1 fully saturated rings. The van der Waals surface area contributed by atoms with Crippen LogP contribution in [-0.2, 0) is 11.3 Å². The van der Waals surface area contributed by atoms with Crippen LogP contribution in [0, 0.1) is 5.82 Å². The van der Waals surface area contributed by atoms with E-state index in [2.05, 4.69) is 5.32 Å². The van der Waals surface area contributed by atoms with Crippen LogP contribution in [-0.4, -0.2) is 19.2 Å². The highest BCUT2D eigenvalue weighted by Crippen LogP contribution is 2.17. The van der Waals surface area contributed by atoms with E-state index in [9.17, 15) is 4.39 Å². The van der Waals surface area contributed by atoms with Crippen molar-refractivity contribution in [3.8, 4) is 0 Å². The Balaban J connectivity index is 1.66. The number of nitrogens with one attached hydrogen (secondary N) is 1. The number of piperidine rings is 1.